The number of para-hydroxylation sites is 2. The van der Waals surface area contributed by atoms with Gasteiger partial charge in [-0.25, -0.2) is 4.79 Å². The fraction of sp³-hybridized carbons (Fsp3) is 0.409. The van der Waals surface area contributed by atoms with E-state index in [0.717, 1.165) is 29.2 Å². The van der Waals surface area contributed by atoms with Gasteiger partial charge >= 0.3 is 6.03 Å². The van der Waals surface area contributed by atoms with Crippen molar-refractivity contribution in [3.8, 4) is 17.2 Å². The fourth-order valence-electron chi connectivity index (χ4n) is 3.69. The second kappa shape index (κ2) is 8.51. The molecular formula is C22H27N3O4. The lowest BCUT2D eigenvalue weighted by Gasteiger charge is -2.36. The lowest BCUT2D eigenvalue weighted by Crippen LogP contribution is -2.52. The average Bonchev–Trinajstić information content (AvgIpc) is 2.99. The number of hydrogen-bond donors (Lipinski definition) is 2. The van der Waals surface area contributed by atoms with E-state index in [2.05, 4.69) is 10.2 Å². The molecule has 0 aromatic heterocycles. The Morgan fingerprint density at radius 3 is 2.52 bits per heavy atom. The van der Waals surface area contributed by atoms with Gasteiger partial charge in [-0.2, -0.15) is 0 Å². The third-order valence-electron chi connectivity index (χ3n) is 5.40. The van der Waals surface area contributed by atoms with Crippen molar-refractivity contribution >= 4 is 11.7 Å². The molecule has 2 heterocycles. The molecule has 1 unspecified atom stereocenters. The van der Waals surface area contributed by atoms with Gasteiger partial charge < -0.3 is 29.7 Å². The molecule has 1 saturated heterocycles. The Morgan fingerprint density at radius 1 is 1.03 bits per heavy atom. The van der Waals surface area contributed by atoms with Crippen molar-refractivity contribution in [3.63, 3.8) is 0 Å². The maximum Gasteiger partial charge on any atom is 0.317 e. The minimum atomic E-state index is -0.143. The van der Waals surface area contributed by atoms with Gasteiger partial charge in [0.2, 0.25) is 0 Å². The normalized spacial score (nSPS) is 17.4. The molecule has 154 valence electrons. The van der Waals surface area contributed by atoms with Gasteiger partial charge in [-0.05, 0) is 36.8 Å². The Balaban J connectivity index is 1.34. The monoisotopic (exact) mass is 397 g/mol. The average molecular weight is 397 g/mol. The summed E-state index contributed by atoms with van der Waals surface area (Å²) in [6, 6.07) is 12.9. The highest BCUT2D eigenvalue weighted by molar-refractivity contribution is 5.75. The lowest BCUT2D eigenvalue weighted by atomic mass is 10.1. The van der Waals surface area contributed by atoms with Crippen molar-refractivity contribution in [1.82, 2.24) is 10.2 Å². The van der Waals surface area contributed by atoms with E-state index in [-0.39, 0.29) is 17.8 Å². The number of fused-ring (bicyclic) bond motifs is 1. The number of hydrogen-bond acceptors (Lipinski definition) is 5. The van der Waals surface area contributed by atoms with Crippen molar-refractivity contribution in [3.05, 3.63) is 48.0 Å². The van der Waals surface area contributed by atoms with Crippen LogP contribution in [0.15, 0.2) is 42.5 Å². The number of nitrogens with zero attached hydrogens (tertiary/aromatic N) is 2. The first kappa shape index (κ1) is 19.2. The number of urea groups is 1. The van der Waals surface area contributed by atoms with Crippen molar-refractivity contribution in [2.45, 2.75) is 19.4 Å². The van der Waals surface area contributed by atoms with Crippen LogP contribution in [-0.2, 0) is 0 Å². The van der Waals surface area contributed by atoms with Crippen LogP contribution in [0, 0.1) is 0 Å². The maximum atomic E-state index is 12.7. The summed E-state index contributed by atoms with van der Waals surface area (Å²) in [6.07, 6.45) is 0.864. The minimum Gasteiger partial charge on any atom is -0.506 e. The van der Waals surface area contributed by atoms with Gasteiger partial charge in [0, 0.05) is 32.6 Å². The van der Waals surface area contributed by atoms with E-state index < -0.39 is 0 Å². The van der Waals surface area contributed by atoms with E-state index in [9.17, 15) is 9.90 Å². The minimum absolute atomic E-state index is 0.0819. The SMILES string of the molecule is CC(NC(=O)N1CCN(c2ccccc2O)CC1)c1ccc2c(c1)OCCCO2. The molecule has 7 nitrogen and oxygen atoms in total. The molecule has 0 saturated carbocycles. The van der Waals surface area contributed by atoms with Gasteiger partial charge in [-0.1, -0.05) is 18.2 Å². The number of carbonyl (C=O) groups excluding carboxylic acids is 1. The fourth-order valence-corrected chi connectivity index (χ4v) is 3.69. The van der Waals surface area contributed by atoms with Crippen LogP contribution in [0.5, 0.6) is 17.2 Å². The molecule has 7 heteroatoms. The summed E-state index contributed by atoms with van der Waals surface area (Å²) < 4.78 is 11.4. The highest BCUT2D eigenvalue weighted by Gasteiger charge is 2.24. The number of rotatable bonds is 3. The summed E-state index contributed by atoms with van der Waals surface area (Å²) in [7, 11) is 0. The Hall–Kier alpha value is -3.09. The highest BCUT2D eigenvalue weighted by Crippen LogP contribution is 2.32. The molecule has 0 radical (unpaired) electrons. The molecule has 2 aliphatic rings. The highest BCUT2D eigenvalue weighted by atomic mass is 16.5. The molecule has 1 fully saturated rings. The third-order valence-corrected chi connectivity index (χ3v) is 5.40. The van der Waals surface area contributed by atoms with E-state index in [4.69, 9.17) is 9.47 Å². The Bertz CT molecular complexity index is 865. The molecule has 2 N–H and O–H groups in total. The van der Waals surface area contributed by atoms with Crippen LogP contribution in [-0.4, -0.2) is 55.4 Å². The molecule has 0 spiro atoms. The van der Waals surface area contributed by atoms with Crippen molar-refractivity contribution in [2.75, 3.05) is 44.3 Å². The number of piperazine rings is 1. The van der Waals surface area contributed by atoms with Crippen LogP contribution >= 0.6 is 0 Å². The predicted octanol–water partition coefficient (Wildman–Crippen LogP) is 3.15. The van der Waals surface area contributed by atoms with Gasteiger partial charge in [0.25, 0.3) is 0 Å². The zero-order valence-electron chi connectivity index (χ0n) is 16.6. The molecular weight excluding hydrogens is 370 g/mol. The summed E-state index contributed by atoms with van der Waals surface area (Å²) in [5, 5.41) is 13.1. The Morgan fingerprint density at radius 2 is 1.76 bits per heavy atom. The van der Waals surface area contributed by atoms with Gasteiger partial charge in [0.05, 0.1) is 24.9 Å². The van der Waals surface area contributed by atoms with Crippen LogP contribution in [0.1, 0.15) is 24.9 Å². The second-order valence-electron chi connectivity index (χ2n) is 7.39. The first-order chi connectivity index (χ1) is 14.1. The van der Waals surface area contributed by atoms with Crippen molar-refractivity contribution in [1.29, 1.82) is 0 Å². The predicted molar refractivity (Wildman–Crippen MR) is 111 cm³/mol. The molecule has 0 bridgehead atoms. The number of amides is 2. The van der Waals surface area contributed by atoms with E-state index >= 15 is 0 Å². The number of aromatic hydroxyl groups is 1. The maximum absolute atomic E-state index is 12.7. The molecule has 2 amide bonds. The second-order valence-corrected chi connectivity index (χ2v) is 7.39. The number of nitrogens with one attached hydrogen (secondary N) is 1. The van der Waals surface area contributed by atoms with Crippen molar-refractivity contribution in [2.24, 2.45) is 0 Å². The van der Waals surface area contributed by atoms with Crippen LogP contribution in [0.4, 0.5) is 10.5 Å². The Labute approximate surface area is 170 Å². The van der Waals surface area contributed by atoms with Crippen LogP contribution in [0.3, 0.4) is 0 Å². The Kier molecular flexibility index (Phi) is 5.64. The molecule has 2 aromatic carbocycles. The summed E-state index contributed by atoms with van der Waals surface area (Å²) in [5.74, 6) is 1.76. The van der Waals surface area contributed by atoms with Gasteiger partial charge in [0.15, 0.2) is 11.5 Å². The smallest absolute Gasteiger partial charge is 0.317 e. The molecule has 2 aromatic rings. The van der Waals surface area contributed by atoms with E-state index in [1.807, 2.05) is 48.2 Å². The van der Waals surface area contributed by atoms with Crippen LogP contribution in [0.25, 0.3) is 0 Å². The van der Waals surface area contributed by atoms with Gasteiger partial charge in [-0.3, -0.25) is 0 Å². The summed E-state index contributed by atoms with van der Waals surface area (Å²) in [4.78, 5) is 16.6. The topological polar surface area (TPSA) is 74.3 Å². The van der Waals surface area contributed by atoms with Crippen LogP contribution in [0.2, 0.25) is 0 Å². The largest absolute Gasteiger partial charge is 0.506 e. The van der Waals surface area contributed by atoms with Gasteiger partial charge in [-0.15, -0.1) is 0 Å². The summed E-state index contributed by atoms with van der Waals surface area (Å²) in [5.41, 5.74) is 1.79. The molecule has 1 atom stereocenters. The molecule has 0 aliphatic carbocycles. The first-order valence-corrected chi connectivity index (χ1v) is 10.1. The molecule has 4 rings (SSSR count). The number of benzene rings is 2. The molecule has 29 heavy (non-hydrogen) atoms. The molecule has 2 aliphatic heterocycles. The summed E-state index contributed by atoms with van der Waals surface area (Å²) in [6.45, 7) is 5.84. The van der Waals surface area contributed by atoms with E-state index in [1.54, 1.807) is 6.07 Å². The van der Waals surface area contributed by atoms with Gasteiger partial charge in [0.1, 0.15) is 5.75 Å². The zero-order chi connectivity index (χ0) is 20.2. The van der Waals surface area contributed by atoms with E-state index in [1.165, 1.54) is 0 Å². The van der Waals surface area contributed by atoms with Crippen LogP contribution < -0.4 is 19.7 Å². The lowest BCUT2D eigenvalue weighted by molar-refractivity contribution is 0.191. The number of anilines is 1. The number of ether oxygens (including phenoxy) is 2. The first-order valence-electron chi connectivity index (χ1n) is 10.1. The zero-order valence-corrected chi connectivity index (χ0v) is 16.6. The quantitative estimate of drug-likeness (QED) is 0.832. The number of phenolic OH excluding ortho intramolecular Hbond substituents is 1. The number of carbonyl (C=O) groups is 1. The summed E-state index contributed by atoms with van der Waals surface area (Å²) >= 11 is 0. The van der Waals surface area contributed by atoms with Crippen molar-refractivity contribution < 1.29 is 19.4 Å². The van der Waals surface area contributed by atoms with E-state index in [0.29, 0.717) is 39.4 Å². The third kappa shape index (κ3) is 4.34. The number of phenols is 1. The standard InChI is InChI=1S/C22H27N3O4/c1-16(17-7-8-20-21(15-17)29-14-4-13-28-20)23-22(27)25-11-9-24(10-12-25)18-5-2-3-6-19(18)26/h2-3,5-8,15-16,26H,4,9-14H2,1H3,(H,23,27).